The van der Waals surface area contributed by atoms with Crippen LogP contribution in [0, 0.1) is 0 Å². The number of rotatable bonds is 2. The summed E-state index contributed by atoms with van der Waals surface area (Å²) in [5.74, 6) is -0.861. The zero-order chi connectivity index (χ0) is 11.7. The van der Waals surface area contributed by atoms with E-state index in [1.807, 2.05) is 0 Å². The van der Waals surface area contributed by atoms with Crippen molar-refractivity contribution in [1.29, 1.82) is 0 Å². The third-order valence-corrected chi connectivity index (χ3v) is 2.34. The fraction of sp³-hybridized carbons (Fsp3) is 0. The second-order valence-corrected chi connectivity index (χ2v) is 3.53. The number of hydrogen-bond donors (Lipinski definition) is 1. The topological polar surface area (TPSA) is 80.9 Å². The Bertz CT molecular complexity index is 537. The van der Waals surface area contributed by atoms with E-state index in [2.05, 4.69) is 15.3 Å². The summed E-state index contributed by atoms with van der Waals surface area (Å²) < 4.78 is 1.16. The lowest BCUT2D eigenvalue weighted by atomic mass is 10.4. The molecule has 0 amide bonds. The maximum atomic E-state index is 10.7. The summed E-state index contributed by atoms with van der Waals surface area (Å²) >= 11 is 11.4. The van der Waals surface area contributed by atoms with Gasteiger partial charge in [0.25, 0.3) is 0 Å². The summed E-state index contributed by atoms with van der Waals surface area (Å²) in [4.78, 5) is 10.7. The van der Waals surface area contributed by atoms with Crippen LogP contribution in [0.2, 0.25) is 10.3 Å². The third-order valence-electron chi connectivity index (χ3n) is 1.78. The van der Waals surface area contributed by atoms with E-state index >= 15 is 0 Å². The highest BCUT2D eigenvalue weighted by molar-refractivity contribution is 6.32. The van der Waals surface area contributed by atoms with Crippen LogP contribution in [0.3, 0.4) is 0 Å². The first-order chi connectivity index (χ1) is 7.59. The summed E-state index contributed by atoms with van der Waals surface area (Å²) in [7, 11) is 0. The molecule has 8 heteroatoms. The second kappa shape index (κ2) is 4.07. The van der Waals surface area contributed by atoms with Crippen LogP contribution in [-0.2, 0) is 0 Å². The predicted octanol–water partition coefficient (Wildman–Crippen LogP) is 1.67. The van der Waals surface area contributed by atoms with Crippen molar-refractivity contribution in [2.24, 2.45) is 0 Å². The van der Waals surface area contributed by atoms with Gasteiger partial charge < -0.3 is 5.11 Å². The highest BCUT2D eigenvalue weighted by Gasteiger charge is 2.16. The van der Waals surface area contributed by atoms with Crippen LogP contribution in [0.1, 0.15) is 10.4 Å². The molecular weight excluding hydrogens is 255 g/mol. The number of halogens is 2. The molecule has 6 nitrogen and oxygen atoms in total. The molecule has 1 N–H and O–H groups in total. The highest BCUT2D eigenvalue weighted by Crippen LogP contribution is 2.18. The average Bonchev–Trinajstić information content (AvgIpc) is 2.61. The van der Waals surface area contributed by atoms with Crippen molar-refractivity contribution in [3.05, 3.63) is 34.2 Å². The van der Waals surface area contributed by atoms with E-state index in [9.17, 15) is 4.79 Å². The van der Waals surface area contributed by atoms with Crippen LogP contribution in [-0.4, -0.2) is 31.1 Å². The first-order valence-corrected chi connectivity index (χ1v) is 4.81. The Labute approximate surface area is 99.4 Å². The summed E-state index contributed by atoms with van der Waals surface area (Å²) in [6.07, 6.45) is 1.14. The number of aromatic nitrogens is 4. The van der Waals surface area contributed by atoms with Crippen molar-refractivity contribution < 1.29 is 9.90 Å². The van der Waals surface area contributed by atoms with E-state index in [1.54, 1.807) is 0 Å². The highest BCUT2D eigenvalue weighted by atomic mass is 35.5. The molecule has 0 aliphatic rings. The Hall–Kier alpha value is -1.66. The molecule has 0 aliphatic carbocycles. The van der Waals surface area contributed by atoms with E-state index < -0.39 is 5.97 Å². The van der Waals surface area contributed by atoms with Crippen LogP contribution >= 0.6 is 23.2 Å². The van der Waals surface area contributed by atoms with Gasteiger partial charge in [-0.3, -0.25) is 0 Å². The maximum Gasteiger partial charge on any atom is 0.340 e. The normalized spacial score (nSPS) is 10.4. The van der Waals surface area contributed by atoms with Crippen LogP contribution in [0.25, 0.3) is 5.82 Å². The fourth-order valence-electron chi connectivity index (χ4n) is 1.06. The number of nitrogens with zero attached hydrogens (tertiary/aromatic N) is 4. The summed E-state index contributed by atoms with van der Waals surface area (Å²) in [6, 6.07) is 3.03. The molecule has 0 bridgehead atoms. The molecular formula is C8H4Cl2N4O2. The number of aromatic carboxylic acids is 1. The molecule has 82 valence electrons. The molecule has 2 heterocycles. The van der Waals surface area contributed by atoms with Crippen LogP contribution in [0.5, 0.6) is 0 Å². The van der Waals surface area contributed by atoms with Gasteiger partial charge in [0.05, 0.1) is 6.20 Å². The summed E-state index contributed by atoms with van der Waals surface area (Å²) in [6.45, 7) is 0. The molecule has 2 aromatic heterocycles. The van der Waals surface area contributed by atoms with E-state index in [4.69, 9.17) is 28.3 Å². The molecule has 0 fully saturated rings. The average molecular weight is 259 g/mol. The number of hydrogen-bond acceptors (Lipinski definition) is 4. The first-order valence-electron chi connectivity index (χ1n) is 4.06. The fourth-order valence-corrected chi connectivity index (χ4v) is 1.42. The zero-order valence-electron chi connectivity index (χ0n) is 7.63. The minimum absolute atomic E-state index is 0.0378. The Balaban J connectivity index is 2.49. The molecule has 16 heavy (non-hydrogen) atoms. The van der Waals surface area contributed by atoms with Crippen molar-refractivity contribution in [3.8, 4) is 5.82 Å². The largest absolute Gasteiger partial charge is 0.478 e. The molecule has 0 unspecified atom stereocenters. The van der Waals surface area contributed by atoms with Crippen LogP contribution in [0.15, 0.2) is 18.3 Å². The van der Waals surface area contributed by atoms with Gasteiger partial charge in [-0.2, -0.15) is 5.10 Å². The number of carbonyl (C=O) groups is 1. The molecule has 0 atom stereocenters. The first kappa shape index (κ1) is 10.8. The lowest BCUT2D eigenvalue weighted by Crippen LogP contribution is -2.02. The molecule has 0 aliphatic heterocycles. The minimum atomic E-state index is -1.15. The Morgan fingerprint density at radius 2 is 2.06 bits per heavy atom. The van der Waals surface area contributed by atoms with Gasteiger partial charge in [0.1, 0.15) is 10.7 Å². The van der Waals surface area contributed by atoms with Crippen molar-refractivity contribution in [1.82, 2.24) is 20.0 Å². The number of carboxylic acids is 1. The maximum absolute atomic E-state index is 10.7. The lowest BCUT2D eigenvalue weighted by Gasteiger charge is -2.00. The minimum Gasteiger partial charge on any atom is -0.478 e. The molecule has 0 spiro atoms. The van der Waals surface area contributed by atoms with Crippen LogP contribution < -0.4 is 0 Å². The van der Waals surface area contributed by atoms with Gasteiger partial charge in [0.2, 0.25) is 0 Å². The Kier molecular flexibility index (Phi) is 2.76. The smallest absolute Gasteiger partial charge is 0.340 e. The Morgan fingerprint density at radius 3 is 2.56 bits per heavy atom. The zero-order valence-corrected chi connectivity index (χ0v) is 9.14. The summed E-state index contributed by atoms with van der Waals surface area (Å²) in [5, 5.41) is 20.1. The van der Waals surface area contributed by atoms with Gasteiger partial charge in [-0.05, 0) is 12.1 Å². The van der Waals surface area contributed by atoms with Gasteiger partial charge in [0, 0.05) is 0 Å². The second-order valence-electron chi connectivity index (χ2n) is 2.78. The molecule has 0 saturated heterocycles. The summed E-state index contributed by atoms with van der Waals surface area (Å²) in [5.41, 5.74) is -0.0987. The van der Waals surface area contributed by atoms with Crippen molar-refractivity contribution in [2.75, 3.05) is 0 Å². The van der Waals surface area contributed by atoms with E-state index in [0.29, 0.717) is 5.82 Å². The number of carboxylic acid groups (broad SMARTS) is 1. The van der Waals surface area contributed by atoms with Gasteiger partial charge in [-0.15, -0.1) is 10.2 Å². The molecule has 2 rings (SSSR count). The van der Waals surface area contributed by atoms with Gasteiger partial charge in [0.15, 0.2) is 11.0 Å². The molecule has 0 radical (unpaired) electrons. The third kappa shape index (κ3) is 1.84. The Morgan fingerprint density at radius 1 is 1.31 bits per heavy atom. The molecule has 2 aromatic rings. The van der Waals surface area contributed by atoms with Crippen molar-refractivity contribution in [2.45, 2.75) is 0 Å². The SMILES string of the molecule is O=C(O)c1cnn(-c2ccc(Cl)nn2)c1Cl. The van der Waals surface area contributed by atoms with Gasteiger partial charge in [-0.1, -0.05) is 23.2 Å². The predicted molar refractivity (Wildman–Crippen MR) is 56.1 cm³/mol. The quantitative estimate of drug-likeness (QED) is 0.887. The van der Waals surface area contributed by atoms with Crippen LogP contribution in [0.4, 0.5) is 0 Å². The van der Waals surface area contributed by atoms with E-state index in [0.717, 1.165) is 10.9 Å². The standard InChI is InChI=1S/C8H4Cl2N4O2/c9-5-1-2-6(13-12-5)14-7(10)4(3-11-14)8(15)16/h1-3H,(H,15,16). The van der Waals surface area contributed by atoms with E-state index in [-0.39, 0.29) is 15.9 Å². The van der Waals surface area contributed by atoms with Gasteiger partial charge in [-0.25, -0.2) is 9.48 Å². The molecule has 0 saturated carbocycles. The van der Waals surface area contributed by atoms with Crippen molar-refractivity contribution in [3.63, 3.8) is 0 Å². The molecule has 0 aromatic carbocycles. The van der Waals surface area contributed by atoms with E-state index in [1.165, 1.54) is 12.1 Å². The lowest BCUT2D eigenvalue weighted by molar-refractivity contribution is 0.0697. The van der Waals surface area contributed by atoms with Gasteiger partial charge >= 0.3 is 5.97 Å². The van der Waals surface area contributed by atoms with Crippen molar-refractivity contribution >= 4 is 29.2 Å². The monoisotopic (exact) mass is 258 g/mol.